The summed E-state index contributed by atoms with van der Waals surface area (Å²) in [4.78, 5) is 12.5. The first-order chi connectivity index (χ1) is 12.4. The third-order valence-electron chi connectivity index (χ3n) is 4.37. The van der Waals surface area contributed by atoms with Crippen molar-refractivity contribution >= 4 is 21.6 Å². The van der Waals surface area contributed by atoms with Gasteiger partial charge in [-0.2, -0.15) is 0 Å². The summed E-state index contributed by atoms with van der Waals surface area (Å²) >= 11 is 0. The lowest BCUT2D eigenvalue weighted by atomic mass is 9.97. The Balaban J connectivity index is 1.59. The Morgan fingerprint density at radius 3 is 2.35 bits per heavy atom. The molecule has 1 saturated heterocycles. The maximum atomic E-state index is 12.5. The van der Waals surface area contributed by atoms with Crippen LogP contribution in [0.5, 0.6) is 11.5 Å². The maximum Gasteiger partial charge on any atom is 0.227 e. The Morgan fingerprint density at radius 2 is 1.69 bits per heavy atom. The smallest absolute Gasteiger partial charge is 0.227 e. The lowest BCUT2D eigenvalue weighted by Crippen LogP contribution is -2.40. The Kier molecular flexibility index (Phi) is 5.58. The molecule has 0 atom stereocenters. The van der Waals surface area contributed by atoms with Crippen molar-refractivity contribution in [1.82, 2.24) is 4.31 Å². The van der Waals surface area contributed by atoms with Crippen LogP contribution >= 0.6 is 0 Å². The molecule has 0 unspecified atom stereocenters. The summed E-state index contributed by atoms with van der Waals surface area (Å²) < 4.78 is 30.3. The van der Waals surface area contributed by atoms with Crippen LogP contribution in [-0.2, 0) is 14.8 Å². The number of sulfonamides is 1. The molecule has 0 aliphatic carbocycles. The number of amides is 1. The summed E-state index contributed by atoms with van der Waals surface area (Å²) in [5, 5.41) is 2.90. The second kappa shape index (κ2) is 7.88. The summed E-state index contributed by atoms with van der Waals surface area (Å²) in [5.74, 6) is 1.09. The van der Waals surface area contributed by atoms with Gasteiger partial charge in [0.1, 0.15) is 11.5 Å². The number of piperidine rings is 1. The quantitative estimate of drug-likeness (QED) is 0.873. The number of anilines is 1. The number of benzene rings is 2. The van der Waals surface area contributed by atoms with E-state index in [2.05, 4.69) is 5.32 Å². The van der Waals surface area contributed by atoms with Gasteiger partial charge >= 0.3 is 0 Å². The molecular formula is C19H22N2O4S. The molecule has 138 valence electrons. The fourth-order valence-corrected chi connectivity index (χ4v) is 3.83. The van der Waals surface area contributed by atoms with E-state index in [-0.39, 0.29) is 11.8 Å². The van der Waals surface area contributed by atoms with E-state index in [1.807, 2.05) is 42.5 Å². The molecule has 1 fully saturated rings. The van der Waals surface area contributed by atoms with Crippen LogP contribution in [0, 0.1) is 5.92 Å². The minimum absolute atomic E-state index is 0.0880. The van der Waals surface area contributed by atoms with Gasteiger partial charge < -0.3 is 10.1 Å². The predicted octanol–water partition coefficient (Wildman–Crippen LogP) is 3.09. The first kappa shape index (κ1) is 18.4. The van der Waals surface area contributed by atoms with Crippen molar-refractivity contribution in [3.63, 3.8) is 0 Å². The van der Waals surface area contributed by atoms with Crippen LogP contribution < -0.4 is 10.1 Å². The van der Waals surface area contributed by atoms with E-state index in [9.17, 15) is 13.2 Å². The zero-order valence-electron chi connectivity index (χ0n) is 14.6. The van der Waals surface area contributed by atoms with Gasteiger partial charge in [-0.15, -0.1) is 0 Å². The van der Waals surface area contributed by atoms with E-state index in [0.29, 0.717) is 37.4 Å². The lowest BCUT2D eigenvalue weighted by Gasteiger charge is -2.29. The van der Waals surface area contributed by atoms with Crippen LogP contribution in [0.1, 0.15) is 12.8 Å². The minimum atomic E-state index is -3.18. The second-order valence-corrected chi connectivity index (χ2v) is 8.35. The van der Waals surface area contributed by atoms with E-state index < -0.39 is 10.0 Å². The zero-order chi connectivity index (χ0) is 18.6. The summed E-state index contributed by atoms with van der Waals surface area (Å²) in [5.41, 5.74) is 0.661. The van der Waals surface area contributed by atoms with Crippen molar-refractivity contribution in [3.8, 4) is 11.5 Å². The highest BCUT2D eigenvalue weighted by Gasteiger charge is 2.28. The summed E-state index contributed by atoms with van der Waals surface area (Å²) in [6, 6.07) is 16.7. The minimum Gasteiger partial charge on any atom is -0.457 e. The van der Waals surface area contributed by atoms with Gasteiger partial charge in [0.2, 0.25) is 15.9 Å². The van der Waals surface area contributed by atoms with E-state index in [0.717, 1.165) is 5.75 Å². The van der Waals surface area contributed by atoms with Gasteiger partial charge in [-0.3, -0.25) is 4.79 Å². The molecule has 2 aromatic carbocycles. The molecule has 1 aliphatic heterocycles. The van der Waals surface area contributed by atoms with Crippen LogP contribution in [0.15, 0.2) is 54.6 Å². The molecule has 0 spiro atoms. The average molecular weight is 374 g/mol. The highest BCUT2D eigenvalue weighted by molar-refractivity contribution is 7.88. The predicted molar refractivity (Wildman–Crippen MR) is 101 cm³/mol. The largest absolute Gasteiger partial charge is 0.457 e. The molecule has 6 nitrogen and oxygen atoms in total. The van der Waals surface area contributed by atoms with E-state index >= 15 is 0 Å². The topological polar surface area (TPSA) is 75.7 Å². The number of nitrogens with one attached hydrogen (secondary N) is 1. The highest BCUT2D eigenvalue weighted by Crippen LogP contribution is 2.25. The van der Waals surface area contributed by atoms with Crippen LogP contribution in [0.2, 0.25) is 0 Å². The maximum absolute atomic E-state index is 12.5. The molecule has 1 aliphatic rings. The normalized spacial score (nSPS) is 16.2. The molecular weight excluding hydrogens is 352 g/mol. The molecule has 0 radical (unpaired) electrons. The van der Waals surface area contributed by atoms with Crippen molar-refractivity contribution in [1.29, 1.82) is 0 Å². The van der Waals surface area contributed by atoms with E-state index in [4.69, 9.17) is 4.74 Å². The molecule has 1 amide bonds. The third-order valence-corrected chi connectivity index (χ3v) is 5.68. The van der Waals surface area contributed by atoms with Gasteiger partial charge in [-0.1, -0.05) is 24.3 Å². The Hall–Kier alpha value is -2.38. The van der Waals surface area contributed by atoms with Crippen molar-refractivity contribution in [2.45, 2.75) is 12.8 Å². The van der Waals surface area contributed by atoms with Crippen molar-refractivity contribution in [3.05, 3.63) is 54.6 Å². The summed E-state index contributed by atoms with van der Waals surface area (Å²) in [7, 11) is -3.18. The van der Waals surface area contributed by atoms with Gasteiger partial charge in [0.25, 0.3) is 0 Å². The first-order valence-corrected chi connectivity index (χ1v) is 10.4. The molecule has 0 aromatic heterocycles. The van der Waals surface area contributed by atoms with Crippen LogP contribution in [-0.4, -0.2) is 38.0 Å². The number of carbonyl (C=O) groups excluding carboxylic acids is 1. The van der Waals surface area contributed by atoms with Crippen LogP contribution in [0.4, 0.5) is 5.69 Å². The van der Waals surface area contributed by atoms with Gasteiger partial charge in [0.15, 0.2) is 0 Å². The van der Waals surface area contributed by atoms with Gasteiger partial charge in [0.05, 0.1) is 6.26 Å². The molecule has 0 saturated carbocycles. The average Bonchev–Trinajstić information content (AvgIpc) is 2.62. The summed E-state index contributed by atoms with van der Waals surface area (Å²) in [6.07, 6.45) is 2.25. The Morgan fingerprint density at radius 1 is 1.04 bits per heavy atom. The van der Waals surface area contributed by atoms with Crippen molar-refractivity contribution in [2.24, 2.45) is 5.92 Å². The number of para-hydroxylation sites is 1. The molecule has 7 heteroatoms. The van der Waals surface area contributed by atoms with E-state index in [1.165, 1.54) is 10.6 Å². The number of hydrogen-bond donors (Lipinski definition) is 1. The Labute approximate surface area is 153 Å². The number of carbonyl (C=O) groups is 1. The fourth-order valence-electron chi connectivity index (χ4n) is 2.96. The highest BCUT2D eigenvalue weighted by atomic mass is 32.2. The van der Waals surface area contributed by atoms with Gasteiger partial charge in [0, 0.05) is 30.8 Å². The van der Waals surface area contributed by atoms with Crippen molar-refractivity contribution in [2.75, 3.05) is 24.7 Å². The SMILES string of the molecule is CS(=O)(=O)N1CCC(C(=O)Nc2cccc(Oc3ccccc3)c2)CC1. The first-order valence-electron chi connectivity index (χ1n) is 8.51. The van der Waals surface area contributed by atoms with Crippen LogP contribution in [0.25, 0.3) is 0 Å². The van der Waals surface area contributed by atoms with Gasteiger partial charge in [-0.25, -0.2) is 12.7 Å². The molecule has 26 heavy (non-hydrogen) atoms. The van der Waals surface area contributed by atoms with Crippen LogP contribution in [0.3, 0.4) is 0 Å². The Bertz CT molecular complexity index is 860. The molecule has 2 aromatic rings. The molecule has 0 bridgehead atoms. The summed E-state index contributed by atoms with van der Waals surface area (Å²) in [6.45, 7) is 0.766. The number of nitrogens with zero attached hydrogens (tertiary/aromatic N) is 1. The van der Waals surface area contributed by atoms with Gasteiger partial charge in [-0.05, 0) is 37.1 Å². The monoisotopic (exact) mass is 374 g/mol. The molecule has 1 N–H and O–H groups in total. The number of hydrogen-bond acceptors (Lipinski definition) is 4. The fraction of sp³-hybridized carbons (Fsp3) is 0.316. The molecule has 1 heterocycles. The van der Waals surface area contributed by atoms with E-state index in [1.54, 1.807) is 12.1 Å². The lowest BCUT2D eigenvalue weighted by molar-refractivity contribution is -0.120. The second-order valence-electron chi connectivity index (χ2n) is 6.37. The molecule has 3 rings (SSSR count). The number of rotatable bonds is 5. The number of ether oxygens (including phenoxy) is 1. The third kappa shape index (κ3) is 4.83. The zero-order valence-corrected chi connectivity index (χ0v) is 15.4. The van der Waals surface area contributed by atoms with Crippen molar-refractivity contribution < 1.29 is 17.9 Å². The standard InChI is InChI=1S/C19H22N2O4S/c1-26(23,24)21-12-10-15(11-13-21)19(22)20-16-6-5-9-18(14-16)25-17-7-3-2-4-8-17/h2-9,14-15H,10-13H2,1H3,(H,20,22).